The highest BCUT2D eigenvalue weighted by molar-refractivity contribution is 5.70. The summed E-state index contributed by atoms with van der Waals surface area (Å²) in [5.74, 6) is -0.309. The van der Waals surface area contributed by atoms with Crippen molar-refractivity contribution in [2.75, 3.05) is 5.32 Å². The maximum Gasteiger partial charge on any atom is 0.211 e. The molecule has 0 aliphatic carbocycles. The third kappa shape index (κ3) is 7.28. The van der Waals surface area contributed by atoms with E-state index in [4.69, 9.17) is 0 Å². The zero-order valence-corrected chi connectivity index (χ0v) is 9.17. The average molecular weight is 199 g/mol. The van der Waals surface area contributed by atoms with Crippen LogP contribution in [-0.2, 0) is 4.79 Å². The summed E-state index contributed by atoms with van der Waals surface area (Å²) in [5.41, 5.74) is 0.594. The van der Waals surface area contributed by atoms with Crippen molar-refractivity contribution in [2.45, 2.75) is 27.7 Å². The molecule has 2 nitrogen and oxygen atoms in total. The molecule has 14 heavy (non-hydrogen) atoms. The van der Waals surface area contributed by atoms with E-state index in [2.05, 4.69) is 5.32 Å². The van der Waals surface area contributed by atoms with Crippen molar-refractivity contribution < 1.29 is 9.18 Å². The molecule has 0 bridgehead atoms. The summed E-state index contributed by atoms with van der Waals surface area (Å²) in [6.45, 7) is 8.00. The Kier molecular flexibility index (Phi) is 12.5. The van der Waals surface area contributed by atoms with Gasteiger partial charge in [0.25, 0.3) is 0 Å². The van der Waals surface area contributed by atoms with Gasteiger partial charge in [-0.1, -0.05) is 27.7 Å². The molecule has 0 saturated heterocycles. The predicted octanol–water partition coefficient (Wildman–Crippen LogP) is 3.45. The minimum atomic E-state index is -0.309. The lowest BCUT2D eigenvalue weighted by Crippen LogP contribution is -1.92. The summed E-state index contributed by atoms with van der Waals surface area (Å²) < 4.78 is 12.2. The van der Waals surface area contributed by atoms with E-state index in [1.54, 1.807) is 0 Å². The van der Waals surface area contributed by atoms with Crippen LogP contribution in [0.2, 0.25) is 0 Å². The third-order valence-corrected chi connectivity index (χ3v) is 1.07. The van der Waals surface area contributed by atoms with Crippen molar-refractivity contribution in [3.8, 4) is 0 Å². The highest BCUT2D eigenvalue weighted by atomic mass is 19.1. The number of hydrogen-bond acceptors (Lipinski definition) is 1. The van der Waals surface area contributed by atoms with E-state index in [1.165, 1.54) is 24.3 Å². The van der Waals surface area contributed by atoms with Crippen LogP contribution in [0.5, 0.6) is 0 Å². The molecule has 0 aliphatic heterocycles. The number of carbonyl (C=O) groups excluding carboxylic acids is 1. The van der Waals surface area contributed by atoms with Gasteiger partial charge in [0.1, 0.15) is 5.82 Å². The smallest absolute Gasteiger partial charge is 0.211 e. The van der Waals surface area contributed by atoms with Gasteiger partial charge in [-0.15, -0.1) is 0 Å². The van der Waals surface area contributed by atoms with Crippen molar-refractivity contribution in [2.24, 2.45) is 0 Å². The number of carbonyl (C=O) groups is 1. The van der Waals surface area contributed by atoms with Crippen LogP contribution in [0.3, 0.4) is 0 Å². The number of nitrogens with one attached hydrogen (secondary N) is 1. The maximum atomic E-state index is 12.2. The van der Waals surface area contributed by atoms with Crippen LogP contribution in [0.1, 0.15) is 27.7 Å². The number of amides is 1. The van der Waals surface area contributed by atoms with Gasteiger partial charge in [-0.3, -0.25) is 4.79 Å². The molecule has 1 amide bonds. The quantitative estimate of drug-likeness (QED) is 0.726. The summed E-state index contributed by atoms with van der Waals surface area (Å²) in [7, 11) is 0. The molecular formula is C11H18FNO. The molecule has 0 aromatic heterocycles. The Bertz CT molecular complexity index is 221. The zero-order chi connectivity index (χ0) is 11.4. The van der Waals surface area contributed by atoms with Gasteiger partial charge in [-0.2, -0.15) is 0 Å². The molecule has 3 heteroatoms. The van der Waals surface area contributed by atoms with Crippen molar-refractivity contribution in [3.05, 3.63) is 30.1 Å². The third-order valence-electron chi connectivity index (χ3n) is 1.07. The van der Waals surface area contributed by atoms with Gasteiger partial charge >= 0.3 is 0 Å². The predicted molar refractivity (Wildman–Crippen MR) is 58.8 cm³/mol. The lowest BCUT2D eigenvalue weighted by Gasteiger charge is -1.94. The summed E-state index contributed by atoms with van der Waals surface area (Å²) in [5, 5.41) is 2.39. The molecule has 0 radical (unpaired) electrons. The molecule has 0 fully saturated rings. The second-order valence-electron chi connectivity index (χ2n) is 1.77. The fourth-order valence-corrected chi connectivity index (χ4v) is 0.614. The van der Waals surface area contributed by atoms with Gasteiger partial charge in [0.15, 0.2) is 0 Å². The minimum absolute atomic E-state index is 0.309. The molecule has 1 N–H and O–H groups in total. The van der Waals surface area contributed by atoms with Gasteiger partial charge in [0.2, 0.25) is 6.41 Å². The Hall–Kier alpha value is -1.38. The largest absolute Gasteiger partial charge is 0.329 e. The number of halogens is 1. The van der Waals surface area contributed by atoms with E-state index in [9.17, 15) is 9.18 Å². The van der Waals surface area contributed by atoms with Gasteiger partial charge in [0.05, 0.1) is 0 Å². The van der Waals surface area contributed by atoms with Gasteiger partial charge in [-0.05, 0) is 24.3 Å². The number of anilines is 1. The van der Waals surface area contributed by atoms with E-state index in [1.807, 2.05) is 27.7 Å². The standard InChI is InChI=1S/C7H6FNO.2C2H6/c8-6-1-3-7(4-2-6)9-5-10;2*1-2/h1-5H,(H,9,10);2*1-2H3. The monoisotopic (exact) mass is 199 g/mol. The van der Waals surface area contributed by atoms with Crippen LogP contribution < -0.4 is 5.32 Å². The highest BCUT2D eigenvalue weighted by Crippen LogP contribution is 2.06. The Morgan fingerprint density at radius 1 is 1.07 bits per heavy atom. The average Bonchev–Trinajstić information content (AvgIpc) is 2.28. The van der Waals surface area contributed by atoms with Crippen LogP contribution in [-0.4, -0.2) is 6.41 Å². The first kappa shape index (κ1) is 15.1. The first-order valence-electron chi connectivity index (χ1n) is 4.78. The molecule has 0 unspecified atom stereocenters. The molecule has 0 saturated carbocycles. The van der Waals surface area contributed by atoms with Gasteiger partial charge in [-0.25, -0.2) is 4.39 Å². The second kappa shape index (κ2) is 11.6. The van der Waals surface area contributed by atoms with Crippen molar-refractivity contribution >= 4 is 12.1 Å². The summed E-state index contributed by atoms with van der Waals surface area (Å²) in [6, 6.07) is 5.55. The van der Waals surface area contributed by atoms with Gasteiger partial charge < -0.3 is 5.32 Å². The molecule has 1 rings (SSSR count). The zero-order valence-electron chi connectivity index (χ0n) is 9.17. The number of rotatable bonds is 2. The van der Waals surface area contributed by atoms with Crippen molar-refractivity contribution in [1.82, 2.24) is 0 Å². The summed E-state index contributed by atoms with van der Waals surface area (Å²) in [6.07, 6.45) is 0.549. The molecule has 0 heterocycles. The van der Waals surface area contributed by atoms with Crippen LogP contribution in [0.4, 0.5) is 10.1 Å². The van der Waals surface area contributed by atoms with E-state index in [0.29, 0.717) is 12.1 Å². The van der Waals surface area contributed by atoms with E-state index in [-0.39, 0.29) is 5.82 Å². The number of hydrogen-bond donors (Lipinski definition) is 1. The van der Waals surface area contributed by atoms with E-state index in [0.717, 1.165) is 0 Å². The van der Waals surface area contributed by atoms with Gasteiger partial charge in [0, 0.05) is 5.69 Å². The molecule has 1 aromatic rings. The first-order chi connectivity index (χ1) is 6.83. The highest BCUT2D eigenvalue weighted by Gasteiger charge is 1.88. The van der Waals surface area contributed by atoms with Crippen molar-refractivity contribution in [3.63, 3.8) is 0 Å². The summed E-state index contributed by atoms with van der Waals surface area (Å²) in [4.78, 5) is 9.85. The lowest BCUT2D eigenvalue weighted by molar-refractivity contribution is -0.105. The molecule has 80 valence electrons. The molecule has 0 aliphatic rings. The SMILES string of the molecule is CC.CC.O=CNc1ccc(F)cc1. The fraction of sp³-hybridized carbons (Fsp3) is 0.364. The first-order valence-corrected chi connectivity index (χ1v) is 4.78. The fourth-order valence-electron chi connectivity index (χ4n) is 0.614. The van der Waals surface area contributed by atoms with Crippen LogP contribution in [0, 0.1) is 5.82 Å². The van der Waals surface area contributed by atoms with Crippen molar-refractivity contribution in [1.29, 1.82) is 0 Å². The topological polar surface area (TPSA) is 29.1 Å². The Morgan fingerprint density at radius 2 is 1.50 bits per heavy atom. The molecular weight excluding hydrogens is 181 g/mol. The lowest BCUT2D eigenvalue weighted by atomic mass is 10.3. The van der Waals surface area contributed by atoms with Crippen LogP contribution >= 0.6 is 0 Å². The van der Waals surface area contributed by atoms with E-state index >= 15 is 0 Å². The Labute approximate surface area is 85.1 Å². The van der Waals surface area contributed by atoms with Crippen LogP contribution in [0.25, 0.3) is 0 Å². The maximum absolute atomic E-state index is 12.2. The minimum Gasteiger partial charge on any atom is -0.329 e. The molecule has 0 spiro atoms. The Morgan fingerprint density at radius 3 is 1.86 bits per heavy atom. The van der Waals surface area contributed by atoms with E-state index < -0.39 is 0 Å². The normalized spacial score (nSPS) is 7.21. The molecule has 1 aromatic carbocycles. The summed E-state index contributed by atoms with van der Waals surface area (Å²) >= 11 is 0. The number of benzene rings is 1. The Balaban J connectivity index is 0. The second-order valence-corrected chi connectivity index (χ2v) is 1.77. The molecule has 0 atom stereocenters. The van der Waals surface area contributed by atoms with Crippen LogP contribution in [0.15, 0.2) is 24.3 Å².